The van der Waals surface area contributed by atoms with E-state index in [2.05, 4.69) is 10.3 Å². The second kappa shape index (κ2) is 8.53. The molecule has 6 nitrogen and oxygen atoms in total. The number of aromatic nitrogens is 2. The number of carbonyl (C=O) groups is 1. The van der Waals surface area contributed by atoms with Crippen LogP contribution in [-0.2, 0) is 16.1 Å². The molecular formula is C22H22FN3O3. The number of ether oxygens (including phenoxy) is 1. The van der Waals surface area contributed by atoms with Crippen molar-refractivity contribution in [3.05, 3.63) is 70.5 Å². The molecule has 1 N–H and O–H groups in total. The third kappa shape index (κ3) is 4.35. The van der Waals surface area contributed by atoms with Crippen molar-refractivity contribution in [3.63, 3.8) is 0 Å². The second-order valence-corrected chi connectivity index (χ2v) is 7.13. The first kappa shape index (κ1) is 19.3. The van der Waals surface area contributed by atoms with Gasteiger partial charge in [0.2, 0.25) is 5.91 Å². The van der Waals surface area contributed by atoms with E-state index in [4.69, 9.17) is 4.74 Å². The number of benzene rings is 2. The minimum Gasteiger partial charge on any atom is -0.378 e. The van der Waals surface area contributed by atoms with E-state index in [1.807, 2.05) is 0 Å². The number of carbonyl (C=O) groups excluding carboxylic acids is 1. The highest BCUT2D eigenvalue weighted by molar-refractivity contribution is 5.78. The van der Waals surface area contributed by atoms with Crippen molar-refractivity contribution >= 4 is 16.8 Å². The van der Waals surface area contributed by atoms with Crippen molar-refractivity contribution in [1.82, 2.24) is 14.9 Å². The Kier molecular flexibility index (Phi) is 5.67. The number of hydrogen-bond donors (Lipinski definition) is 1. The number of hydrogen-bond acceptors (Lipinski definition) is 4. The summed E-state index contributed by atoms with van der Waals surface area (Å²) >= 11 is 0. The average molecular weight is 395 g/mol. The molecule has 2 aromatic carbocycles. The molecule has 4 rings (SSSR count). The van der Waals surface area contributed by atoms with Crippen LogP contribution < -0.4 is 10.9 Å². The Labute approximate surface area is 167 Å². The van der Waals surface area contributed by atoms with Crippen LogP contribution >= 0.6 is 0 Å². The summed E-state index contributed by atoms with van der Waals surface area (Å²) in [7, 11) is 0. The molecule has 1 amide bonds. The summed E-state index contributed by atoms with van der Waals surface area (Å²) in [5.74, 6) is -0.152. The van der Waals surface area contributed by atoms with Gasteiger partial charge in [0.15, 0.2) is 0 Å². The molecule has 29 heavy (non-hydrogen) atoms. The third-order valence-corrected chi connectivity index (χ3v) is 5.06. The third-order valence-electron chi connectivity index (χ3n) is 5.06. The number of nitrogens with zero attached hydrogens (tertiary/aromatic N) is 2. The first-order chi connectivity index (χ1) is 14.1. The number of fused-ring (bicyclic) bond motifs is 1. The summed E-state index contributed by atoms with van der Waals surface area (Å²) in [4.78, 5) is 30.0. The van der Waals surface area contributed by atoms with E-state index in [0.717, 1.165) is 19.3 Å². The zero-order valence-corrected chi connectivity index (χ0v) is 15.9. The normalized spacial score (nSPS) is 16.7. The lowest BCUT2D eigenvalue weighted by atomic mass is 10.1. The Balaban J connectivity index is 1.63. The Morgan fingerprint density at radius 3 is 2.72 bits per heavy atom. The highest BCUT2D eigenvalue weighted by atomic mass is 19.1. The molecule has 0 spiro atoms. The van der Waals surface area contributed by atoms with E-state index in [1.165, 1.54) is 28.8 Å². The first-order valence-corrected chi connectivity index (χ1v) is 9.77. The van der Waals surface area contributed by atoms with Gasteiger partial charge < -0.3 is 10.1 Å². The van der Waals surface area contributed by atoms with E-state index in [0.29, 0.717) is 29.0 Å². The van der Waals surface area contributed by atoms with Crippen molar-refractivity contribution in [2.45, 2.75) is 38.3 Å². The van der Waals surface area contributed by atoms with E-state index < -0.39 is 5.82 Å². The molecule has 0 aliphatic carbocycles. The number of amides is 1. The largest absolute Gasteiger partial charge is 0.378 e. The lowest BCUT2D eigenvalue weighted by Crippen LogP contribution is -2.33. The fraction of sp³-hybridized carbons (Fsp3) is 0.318. The number of halogens is 1. The molecule has 2 heterocycles. The average Bonchev–Trinajstić information content (AvgIpc) is 2.74. The predicted octanol–water partition coefficient (Wildman–Crippen LogP) is 3.10. The van der Waals surface area contributed by atoms with Gasteiger partial charge in [-0.15, -0.1) is 0 Å². The minimum absolute atomic E-state index is 0.0624. The smallest absolute Gasteiger partial charge is 0.266 e. The Morgan fingerprint density at radius 2 is 1.97 bits per heavy atom. The van der Waals surface area contributed by atoms with Gasteiger partial charge in [-0.2, -0.15) is 0 Å². The van der Waals surface area contributed by atoms with Gasteiger partial charge in [0.25, 0.3) is 5.56 Å². The molecule has 150 valence electrons. The van der Waals surface area contributed by atoms with Crippen molar-refractivity contribution < 1.29 is 13.9 Å². The van der Waals surface area contributed by atoms with Crippen LogP contribution in [0.2, 0.25) is 0 Å². The lowest BCUT2D eigenvalue weighted by Gasteiger charge is -2.22. The van der Waals surface area contributed by atoms with Gasteiger partial charge in [-0.05, 0) is 55.7 Å². The van der Waals surface area contributed by atoms with Gasteiger partial charge in [-0.3, -0.25) is 14.2 Å². The maximum atomic E-state index is 13.4. The number of para-hydroxylation sites is 1. The fourth-order valence-electron chi connectivity index (χ4n) is 3.58. The molecular weight excluding hydrogens is 373 g/mol. The Hall–Kier alpha value is -3.06. The first-order valence-electron chi connectivity index (χ1n) is 9.77. The monoisotopic (exact) mass is 395 g/mol. The topological polar surface area (TPSA) is 73.2 Å². The quantitative estimate of drug-likeness (QED) is 0.721. The van der Waals surface area contributed by atoms with Gasteiger partial charge in [-0.25, -0.2) is 9.37 Å². The molecule has 1 aromatic heterocycles. The molecule has 1 aliphatic rings. The van der Waals surface area contributed by atoms with Crippen LogP contribution in [0.5, 0.6) is 0 Å². The summed E-state index contributed by atoms with van der Waals surface area (Å²) in [6.07, 6.45) is 3.20. The van der Waals surface area contributed by atoms with Crippen LogP contribution in [0, 0.1) is 5.82 Å². The van der Waals surface area contributed by atoms with Gasteiger partial charge in [0, 0.05) is 6.61 Å². The Morgan fingerprint density at radius 1 is 1.17 bits per heavy atom. The molecule has 1 atom stereocenters. The summed E-state index contributed by atoms with van der Waals surface area (Å²) in [6.45, 7) is 0.775. The molecule has 1 unspecified atom stereocenters. The number of nitrogens with one attached hydrogen (secondary N) is 1. The SMILES string of the molecule is O=C(CC1CCCCO1)NCc1nc2ccccc2c(=O)n1-c1ccc(F)cc1. The maximum Gasteiger partial charge on any atom is 0.266 e. The van der Waals surface area contributed by atoms with Gasteiger partial charge in [0.1, 0.15) is 11.6 Å². The molecule has 0 bridgehead atoms. The van der Waals surface area contributed by atoms with E-state index in [-0.39, 0.29) is 30.5 Å². The zero-order valence-electron chi connectivity index (χ0n) is 15.9. The highest BCUT2D eigenvalue weighted by Gasteiger charge is 2.19. The van der Waals surface area contributed by atoms with Gasteiger partial charge in [-0.1, -0.05) is 12.1 Å². The zero-order chi connectivity index (χ0) is 20.2. The van der Waals surface area contributed by atoms with Crippen molar-refractivity contribution in [3.8, 4) is 5.69 Å². The minimum atomic E-state index is -0.391. The van der Waals surface area contributed by atoms with Crippen LogP contribution in [0.1, 0.15) is 31.5 Å². The van der Waals surface area contributed by atoms with Crippen LogP contribution in [0.15, 0.2) is 53.3 Å². The Bertz CT molecular complexity index is 1070. The van der Waals surface area contributed by atoms with Gasteiger partial charge in [0.05, 0.1) is 35.7 Å². The molecule has 0 saturated carbocycles. The molecule has 0 radical (unpaired) electrons. The van der Waals surface area contributed by atoms with Crippen molar-refractivity contribution in [2.75, 3.05) is 6.61 Å². The predicted molar refractivity (Wildman–Crippen MR) is 107 cm³/mol. The van der Waals surface area contributed by atoms with Crippen LogP contribution in [-0.4, -0.2) is 28.2 Å². The maximum absolute atomic E-state index is 13.4. The lowest BCUT2D eigenvalue weighted by molar-refractivity contribution is -0.125. The molecule has 1 saturated heterocycles. The molecule has 1 fully saturated rings. The van der Waals surface area contributed by atoms with Gasteiger partial charge >= 0.3 is 0 Å². The van der Waals surface area contributed by atoms with Crippen LogP contribution in [0.3, 0.4) is 0 Å². The molecule has 7 heteroatoms. The van der Waals surface area contributed by atoms with Crippen molar-refractivity contribution in [2.24, 2.45) is 0 Å². The van der Waals surface area contributed by atoms with Crippen LogP contribution in [0.25, 0.3) is 16.6 Å². The molecule has 3 aromatic rings. The standard InChI is InChI=1S/C22H22FN3O3/c23-15-8-10-16(11-9-15)26-20(25-19-7-2-1-6-18(19)22(26)28)14-24-21(27)13-17-5-3-4-12-29-17/h1-2,6-11,17H,3-5,12-14H2,(H,24,27). The number of rotatable bonds is 5. The molecule has 1 aliphatic heterocycles. The summed E-state index contributed by atoms with van der Waals surface area (Å²) in [5.41, 5.74) is 0.785. The fourth-order valence-corrected chi connectivity index (χ4v) is 3.58. The summed E-state index contributed by atoms with van der Waals surface area (Å²) in [5, 5.41) is 3.31. The summed E-state index contributed by atoms with van der Waals surface area (Å²) < 4.78 is 20.4. The van der Waals surface area contributed by atoms with E-state index in [9.17, 15) is 14.0 Å². The summed E-state index contributed by atoms with van der Waals surface area (Å²) in [6, 6.07) is 12.7. The van der Waals surface area contributed by atoms with E-state index >= 15 is 0 Å². The van der Waals surface area contributed by atoms with Crippen molar-refractivity contribution in [1.29, 1.82) is 0 Å². The van der Waals surface area contributed by atoms with Crippen LogP contribution in [0.4, 0.5) is 4.39 Å². The highest BCUT2D eigenvalue weighted by Crippen LogP contribution is 2.16. The van der Waals surface area contributed by atoms with E-state index in [1.54, 1.807) is 24.3 Å². The second-order valence-electron chi connectivity index (χ2n) is 7.13.